The Balaban J connectivity index is 1.76. The van der Waals surface area contributed by atoms with Crippen LogP contribution in [-0.2, 0) is 14.9 Å². The highest BCUT2D eigenvalue weighted by molar-refractivity contribution is 9.10. The maximum atomic E-state index is 12.8. The molecule has 192 valence electrons. The summed E-state index contributed by atoms with van der Waals surface area (Å²) in [6.45, 7) is 1.33. The van der Waals surface area contributed by atoms with Crippen molar-refractivity contribution in [1.82, 2.24) is 5.43 Å². The molecule has 0 spiro atoms. The van der Waals surface area contributed by atoms with E-state index in [4.69, 9.17) is 8.92 Å². The van der Waals surface area contributed by atoms with Gasteiger partial charge in [-0.15, -0.1) is 0 Å². The van der Waals surface area contributed by atoms with E-state index in [0.717, 1.165) is 6.07 Å². The minimum Gasteiger partial charge on any atom is -0.493 e. The van der Waals surface area contributed by atoms with Gasteiger partial charge in [0.1, 0.15) is 4.90 Å². The molecule has 0 radical (unpaired) electrons. The highest BCUT2D eigenvalue weighted by Crippen LogP contribution is 2.38. The van der Waals surface area contributed by atoms with Gasteiger partial charge in [0.15, 0.2) is 11.5 Å². The molecule has 0 aliphatic carbocycles. The normalized spacial score (nSPS) is 11.1. The van der Waals surface area contributed by atoms with E-state index in [0.29, 0.717) is 11.3 Å². The number of methoxy groups -OCH3 is 1. The third-order valence-corrected chi connectivity index (χ3v) is 6.43. The summed E-state index contributed by atoms with van der Waals surface area (Å²) < 4.78 is 36.3. The standard InChI is InChI=1S/C23H19BrN4O8S/c1-14(29)26-17-6-8-19(9-7-17)37(33,34)36-22-20(24)10-15(11-21(22)35-2)13-25-27-23(30)16-4-3-5-18(12-16)28(31)32/h3-13H,1-2H3,(H,26,29)(H,27,30)/b25-13-. The van der Waals surface area contributed by atoms with Crippen LogP contribution >= 0.6 is 15.9 Å². The zero-order valence-electron chi connectivity index (χ0n) is 19.3. The molecule has 3 aromatic rings. The van der Waals surface area contributed by atoms with E-state index in [2.05, 4.69) is 31.8 Å². The highest BCUT2D eigenvalue weighted by Gasteiger charge is 2.22. The number of benzene rings is 3. The molecule has 0 unspecified atom stereocenters. The summed E-state index contributed by atoms with van der Waals surface area (Å²) in [5.74, 6) is -1.03. The topological polar surface area (TPSA) is 166 Å². The molecule has 0 aliphatic heterocycles. The van der Waals surface area contributed by atoms with E-state index < -0.39 is 20.9 Å². The van der Waals surface area contributed by atoms with Crippen LogP contribution in [0.2, 0.25) is 0 Å². The predicted octanol–water partition coefficient (Wildman–Crippen LogP) is 3.86. The Kier molecular flexibility index (Phi) is 8.57. The molecule has 0 heterocycles. The average Bonchev–Trinajstić information content (AvgIpc) is 2.85. The number of nitro groups is 1. The van der Waals surface area contributed by atoms with Crippen LogP contribution < -0.4 is 19.7 Å². The van der Waals surface area contributed by atoms with Gasteiger partial charge in [-0.2, -0.15) is 13.5 Å². The molecule has 0 aromatic heterocycles. The van der Waals surface area contributed by atoms with Gasteiger partial charge in [0.2, 0.25) is 5.91 Å². The minimum atomic E-state index is -4.26. The van der Waals surface area contributed by atoms with E-state index >= 15 is 0 Å². The summed E-state index contributed by atoms with van der Waals surface area (Å²) in [6.07, 6.45) is 1.27. The second kappa shape index (κ2) is 11.6. The van der Waals surface area contributed by atoms with Gasteiger partial charge in [0.25, 0.3) is 11.6 Å². The number of nitrogens with one attached hydrogen (secondary N) is 2. The smallest absolute Gasteiger partial charge is 0.339 e. The summed E-state index contributed by atoms with van der Waals surface area (Å²) in [6, 6.07) is 13.5. The van der Waals surface area contributed by atoms with Gasteiger partial charge in [-0.1, -0.05) is 6.07 Å². The molecule has 3 aromatic carbocycles. The van der Waals surface area contributed by atoms with Crippen LogP contribution in [0.15, 0.2) is 75.1 Å². The van der Waals surface area contributed by atoms with E-state index in [1.54, 1.807) is 0 Å². The fourth-order valence-electron chi connectivity index (χ4n) is 2.95. The predicted molar refractivity (Wildman–Crippen MR) is 137 cm³/mol. The minimum absolute atomic E-state index is 0.0455. The Hall–Kier alpha value is -4.30. The number of nitrogens with zero attached hydrogens (tertiary/aromatic N) is 2. The van der Waals surface area contributed by atoms with Gasteiger partial charge in [-0.25, -0.2) is 5.43 Å². The van der Waals surface area contributed by atoms with Gasteiger partial charge in [0, 0.05) is 30.3 Å². The van der Waals surface area contributed by atoms with Crippen LogP contribution in [0, 0.1) is 10.1 Å². The van der Waals surface area contributed by atoms with E-state index in [9.17, 15) is 28.1 Å². The first-order valence-electron chi connectivity index (χ1n) is 10.3. The molecule has 0 atom stereocenters. The molecule has 2 amide bonds. The number of anilines is 1. The van der Waals surface area contributed by atoms with Gasteiger partial charge >= 0.3 is 10.1 Å². The number of non-ortho nitro benzene ring substituents is 1. The van der Waals surface area contributed by atoms with Gasteiger partial charge < -0.3 is 14.2 Å². The van der Waals surface area contributed by atoms with Crippen LogP contribution in [0.25, 0.3) is 0 Å². The van der Waals surface area contributed by atoms with Crippen molar-refractivity contribution in [3.05, 3.63) is 86.4 Å². The zero-order chi connectivity index (χ0) is 27.2. The van der Waals surface area contributed by atoms with Crippen LogP contribution in [0.5, 0.6) is 11.5 Å². The molecule has 2 N–H and O–H groups in total. The fourth-order valence-corrected chi connectivity index (χ4v) is 4.56. The molecular formula is C23H19BrN4O8S. The molecule has 0 bridgehead atoms. The number of hydrazone groups is 1. The Labute approximate surface area is 219 Å². The quantitative estimate of drug-likeness (QED) is 0.164. The number of amides is 2. The monoisotopic (exact) mass is 590 g/mol. The molecule has 0 saturated carbocycles. The van der Waals surface area contributed by atoms with E-state index in [1.165, 1.54) is 74.8 Å². The summed E-state index contributed by atoms with van der Waals surface area (Å²) in [4.78, 5) is 33.5. The van der Waals surface area contributed by atoms with Gasteiger partial charge in [-0.3, -0.25) is 19.7 Å². The molecule has 0 saturated heterocycles. The Morgan fingerprint density at radius 1 is 1.11 bits per heavy atom. The number of ether oxygens (including phenoxy) is 1. The summed E-state index contributed by atoms with van der Waals surface area (Å²) in [7, 11) is -2.94. The van der Waals surface area contributed by atoms with Crippen molar-refractivity contribution in [2.45, 2.75) is 11.8 Å². The first-order valence-corrected chi connectivity index (χ1v) is 12.5. The fraction of sp³-hybridized carbons (Fsp3) is 0.0870. The first-order chi connectivity index (χ1) is 17.5. The highest BCUT2D eigenvalue weighted by atomic mass is 79.9. The van der Waals surface area contributed by atoms with Crippen molar-refractivity contribution in [3.63, 3.8) is 0 Å². The Morgan fingerprint density at radius 2 is 1.81 bits per heavy atom. The number of hydrogen-bond acceptors (Lipinski definition) is 9. The van der Waals surface area contributed by atoms with Crippen molar-refractivity contribution < 1.29 is 31.9 Å². The Morgan fingerprint density at radius 3 is 2.43 bits per heavy atom. The number of hydrogen-bond donors (Lipinski definition) is 2. The van der Waals surface area contributed by atoms with E-state index in [-0.39, 0.29) is 38.0 Å². The third-order valence-electron chi connectivity index (χ3n) is 4.61. The lowest BCUT2D eigenvalue weighted by Gasteiger charge is -2.13. The second-order valence-electron chi connectivity index (χ2n) is 7.28. The molecule has 0 fully saturated rings. The molecule has 0 aliphatic rings. The van der Waals surface area contributed by atoms with E-state index in [1.807, 2.05) is 0 Å². The lowest BCUT2D eigenvalue weighted by atomic mass is 10.2. The van der Waals surface area contributed by atoms with Gasteiger partial charge in [0.05, 0.1) is 22.7 Å². The molecule has 12 nitrogen and oxygen atoms in total. The molecular weight excluding hydrogens is 572 g/mol. The maximum absolute atomic E-state index is 12.8. The van der Waals surface area contributed by atoms with Crippen molar-refractivity contribution in [1.29, 1.82) is 0 Å². The number of halogens is 1. The number of carbonyl (C=O) groups is 2. The van der Waals surface area contributed by atoms with Crippen molar-refractivity contribution in [2.75, 3.05) is 12.4 Å². The van der Waals surface area contributed by atoms with Gasteiger partial charge in [-0.05, 0) is 64.0 Å². The first kappa shape index (κ1) is 27.3. The summed E-state index contributed by atoms with van der Waals surface area (Å²) in [5.41, 5.74) is 2.90. The van der Waals surface area contributed by atoms with Crippen LogP contribution in [0.1, 0.15) is 22.8 Å². The maximum Gasteiger partial charge on any atom is 0.339 e. The number of nitro benzene ring substituents is 1. The lowest BCUT2D eigenvalue weighted by Crippen LogP contribution is -2.17. The van der Waals surface area contributed by atoms with Crippen molar-refractivity contribution in [2.24, 2.45) is 5.10 Å². The van der Waals surface area contributed by atoms with Crippen molar-refractivity contribution >= 4 is 55.5 Å². The SMILES string of the molecule is COc1cc(/C=N\NC(=O)c2cccc([N+](=O)[O-])c2)cc(Br)c1OS(=O)(=O)c1ccc(NC(C)=O)cc1. The summed E-state index contributed by atoms with van der Waals surface area (Å²) in [5, 5.41) is 17.2. The molecule has 14 heteroatoms. The summed E-state index contributed by atoms with van der Waals surface area (Å²) >= 11 is 3.25. The second-order valence-corrected chi connectivity index (χ2v) is 9.68. The third kappa shape index (κ3) is 7.11. The van der Waals surface area contributed by atoms with Crippen molar-refractivity contribution in [3.8, 4) is 11.5 Å². The van der Waals surface area contributed by atoms with Crippen LogP contribution in [-0.4, -0.2) is 38.5 Å². The Bertz CT molecular complexity index is 1490. The lowest BCUT2D eigenvalue weighted by molar-refractivity contribution is -0.384. The molecule has 37 heavy (non-hydrogen) atoms. The largest absolute Gasteiger partial charge is 0.493 e. The van der Waals surface area contributed by atoms with Crippen LogP contribution in [0.4, 0.5) is 11.4 Å². The average molecular weight is 591 g/mol. The number of carbonyl (C=O) groups excluding carboxylic acids is 2. The molecule has 3 rings (SSSR count). The number of rotatable bonds is 9. The van der Waals surface area contributed by atoms with Crippen LogP contribution in [0.3, 0.4) is 0 Å². The zero-order valence-corrected chi connectivity index (χ0v) is 21.7.